The molecule has 1 aromatic rings. The highest BCUT2D eigenvalue weighted by Gasteiger charge is 2.06. The monoisotopic (exact) mass is 223 g/mol. The van der Waals surface area contributed by atoms with Crippen LogP contribution in [0, 0.1) is 0 Å². The van der Waals surface area contributed by atoms with Gasteiger partial charge in [0.1, 0.15) is 5.75 Å². The Hall–Kier alpha value is -1.39. The molecule has 0 unspecified atom stereocenters. The lowest BCUT2D eigenvalue weighted by molar-refractivity contribution is -0.131. The second kappa shape index (κ2) is 6.25. The third kappa shape index (κ3) is 4.00. The van der Waals surface area contributed by atoms with Gasteiger partial charge in [0, 0.05) is 19.6 Å². The van der Waals surface area contributed by atoms with Gasteiger partial charge in [-0.1, -0.05) is 12.1 Å². The summed E-state index contributed by atoms with van der Waals surface area (Å²) >= 11 is 0. The molecule has 1 atom stereocenters. The zero-order chi connectivity index (χ0) is 12.0. The van der Waals surface area contributed by atoms with Crippen molar-refractivity contribution < 1.29 is 14.6 Å². The molecule has 0 aromatic heterocycles. The van der Waals surface area contributed by atoms with Gasteiger partial charge < -0.3 is 15.6 Å². The van der Waals surface area contributed by atoms with Crippen molar-refractivity contribution in [3.8, 4) is 5.75 Å². The van der Waals surface area contributed by atoms with E-state index in [0.29, 0.717) is 12.2 Å². The Morgan fingerprint density at radius 3 is 2.56 bits per heavy atom. The predicted molar refractivity (Wildman–Crippen MR) is 61.0 cm³/mol. The summed E-state index contributed by atoms with van der Waals surface area (Å²) in [6.07, 6.45) is 1.43. The highest BCUT2D eigenvalue weighted by Crippen LogP contribution is 2.19. The molecule has 0 aliphatic carbocycles. The van der Waals surface area contributed by atoms with Crippen LogP contribution in [0.4, 0.5) is 0 Å². The summed E-state index contributed by atoms with van der Waals surface area (Å²) in [5.41, 5.74) is 6.89. The molecular weight excluding hydrogens is 206 g/mol. The zero-order valence-electron chi connectivity index (χ0n) is 9.35. The van der Waals surface area contributed by atoms with Gasteiger partial charge in [0.25, 0.3) is 0 Å². The van der Waals surface area contributed by atoms with Crippen LogP contribution in [-0.4, -0.2) is 17.7 Å². The SMILES string of the molecule is CC(=O)Oc1ccc([C@H](N)CCCO)cc1. The predicted octanol–water partition coefficient (Wildman–Crippen LogP) is 1.38. The van der Waals surface area contributed by atoms with E-state index in [0.717, 1.165) is 12.0 Å². The standard InChI is InChI=1S/C12H17NO3/c1-9(15)16-11-6-4-10(5-7-11)12(13)3-2-8-14/h4-7,12,14H,2-3,8,13H2,1H3/t12-/m1/s1. The maximum absolute atomic E-state index is 10.7. The van der Waals surface area contributed by atoms with Gasteiger partial charge in [-0.05, 0) is 30.5 Å². The van der Waals surface area contributed by atoms with Gasteiger partial charge >= 0.3 is 5.97 Å². The van der Waals surface area contributed by atoms with Crippen molar-refractivity contribution in [2.45, 2.75) is 25.8 Å². The first-order chi connectivity index (χ1) is 7.63. The first kappa shape index (κ1) is 12.7. The molecule has 1 rings (SSSR count). The third-order valence-electron chi connectivity index (χ3n) is 2.24. The maximum Gasteiger partial charge on any atom is 0.308 e. The summed E-state index contributed by atoms with van der Waals surface area (Å²) < 4.78 is 4.91. The topological polar surface area (TPSA) is 72.5 Å². The number of hydrogen-bond acceptors (Lipinski definition) is 4. The summed E-state index contributed by atoms with van der Waals surface area (Å²) in [6, 6.07) is 7.02. The van der Waals surface area contributed by atoms with Crippen molar-refractivity contribution in [2.75, 3.05) is 6.61 Å². The maximum atomic E-state index is 10.7. The molecule has 3 N–H and O–H groups in total. The van der Waals surface area contributed by atoms with Crippen molar-refractivity contribution in [3.05, 3.63) is 29.8 Å². The summed E-state index contributed by atoms with van der Waals surface area (Å²) in [5.74, 6) is 0.183. The van der Waals surface area contributed by atoms with Crippen LogP contribution in [0.25, 0.3) is 0 Å². The highest BCUT2D eigenvalue weighted by molar-refractivity contribution is 5.69. The number of rotatable bonds is 5. The number of aliphatic hydroxyl groups is 1. The summed E-state index contributed by atoms with van der Waals surface area (Å²) in [7, 11) is 0. The van der Waals surface area contributed by atoms with Gasteiger partial charge in [-0.2, -0.15) is 0 Å². The number of hydrogen-bond donors (Lipinski definition) is 2. The molecule has 1 aromatic carbocycles. The average Bonchev–Trinajstić information content (AvgIpc) is 2.26. The van der Waals surface area contributed by atoms with Crippen LogP contribution < -0.4 is 10.5 Å². The number of carbonyl (C=O) groups is 1. The van der Waals surface area contributed by atoms with Crippen LogP contribution in [-0.2, 0) is 4.79 Å². The molecule has 16 heavy (non-hydrogen) atoms. The Bertz CT molecular complexity index is 335. The molecular formula is C12H17NO3. The average molecular weight is 223 g/mol. The number of ether oxygens (including phenoxy) is 1. The van der Waals surface area contributed by atoms with Crippen molar-refractivity contribution >= 4 is 5.97 Å². The lowest BCUT2D eigenvalue weighted by Gasteiger charge is -2.11. The second-order valence-corrected chi connectivity index (χ2v) is 3.64. The molecule has 0 spiro atoms. The van der Waals surface area contributed by atoms with Gasteiger partial charge in [-0.3, -0.25) is 4.79 Å². The number of benzene rings is 1. The molecule has 0 radical (unpaired) electrons. The first-order valence-corrected chi connectivity index (χ1v) is 5.28. The summed E-state index contributed by atoms with van der Waals surface area (Å²) in [6.45, 7) is 1.51. The summed E-state index contributed by atoms with van der Waals surface area (Å²) in [5, 5.41) is 8.69. The van der Waals surface area contributed by atoms with Crippen molar-refractivity contribution in [1.29, 1.82) is 0 Å². The Labute approximate surface area is 95.0 Å². The second-order valence-electron chi connectivity index (χ2n) is 3.64. The molecule has 0 fully saturated rings. The van der Waals surface area contributed by atoms with Crippen LogP contribution in [0.15, 0.2) is 24.3 Å². The van der Waals surface area contributed by atoms with E-state index in [1.165, 1.54) is 6.92 Å². The Balaban J connectivity index is 2.59. The van der Waals surface area contributed by atoms with Gasteiger partial charge in [-0.15, -0.1) is 0 Å². The van der Waals surface area contributed by atoms with Crippen LogP contribution in [0.2, 0.25) is 0 Å². The number of carbonyl (C=O) groups excluding carboxylic acids is 1. The summed E-state index contributed by atoms with van der Waals surface area (Å²) in [4.78, 5) is 10.7. The lowest BCUT2D eigenvalue weighted by atomic mass is 10.0. The van der Waals surface area contributed by atoms with Crippen LogP contribution in [0.3, 0.4) is 0 Å². The van der Waals surface area contributed by atoms with E-state index in [-0.39, 0.29) is 18.6 Å². The van der Waals surface area contributed by atoms with Crippen molar-refractivity contribution in [2.24, 2.45) is 5.73 Å². The molecule has 0 bridgehead atoms. The third-order valence-corrected chi connectivity index (χ3v) is 2.24. The molecule has 0 aliphatic heterocycles. The number of nitrogens with two attached hydrogens (primary N) is 1. The highest BCUT2D eigenvalue weighted by atomic mass is 16.5. The van der Waals surface area contributed by atoms with Gasteiger partial charge in [0.2, 0.25) is 0 Å². The van der Waals surface area contributed by atoms with Crippen LogP contribution >= 0.6 is 0 Å². The Kier molecular flexibility index (Phi) is 4.95. The smallest absolute Gasteiger partial charge is 0.308 e. The van der Waals surface area contributed by atoms with E-state index < -0.39 is 0 Å². The Morgan fingerprint density at radius 2 is 2.06 bits per heavy atom. The molecule has 88 valence electrons. The molecule has 0 saturated carbocycles. The quantitative estimate of drug-likeness (QED) is 0.584. The van der Waals surface area contributed by atoms with E-state index >= 15 is 0 Å². The minimum Gasteiger partial charge on any atom is -0.427 e. The van der Waals surface area contributed by atoms with E-state index in [9.17, 15) is 4.79 Å². The van der Waals surface area contributed by atoms with Gasteiger partial charge in [-0.25, -0.2) is 0 Å². The molecule has 4 heteroatoms. The van der Waals surface area contributed by atoms with Gasteiger partial charge in [0.15, 0.2) is 0 Å². The molecule has 0 amide bonds. The normalized spacial score (nSPS) is 12.2. The lowest BCUT2D eigenvalue weighted by Crippen LogP contribution is -2.10. The fourth-order valence-corrected chi connectivity index (χ4v) is 1.43. The minimum absolute atomic E-state index is 0.0847. The fourth-order valence-electron chi connectivity index (χ4n) is 1.43. The zero-order valence-corrected chi connectivity index (χ0v) is 9.35. The molecule has 0 heterocycles. The molecule has 0 aliphatic rings. The van der Waals surface area contributed by atoms with Crippen molar-refractivity contribution in [1.82, 2.24) is 0 Å². The van der Waals surface area contributed by atoms with E-state index in [4.69, 9.17) is 15.6 Å². The van der Waals surface area contributed by atoms with Crippen LogP contribution in [0.1, 0.15) is 31.4 Å². The van der Waals surface area contributed by atoms with E-state index in [2.05, 4.69) is 0 Å². The molecule has 0 saturated heterocycles. The molecule has 4 nitrogen and oxygen atoms in total. The fraction of sp³-hybridized carbons (Fsp3) is 0.417. The number of aliphatic hydroxyl groups excluding tert-OH is 1. The largest absolute Gasteiger partial charge is 0.427 e. The van der Waals surface area contributed by atoms with Crippen molar-refractivity contribution in [3.63, 3.8) is 0 Å². The van der Waals surface area contributed by atoms with Gasteiger partial charge in [0.05, 0.1) is 0 Å². The minimum atomic E-state index is -0.336. The Morgan fingerprint density at radius 1 is 1.44 bits per heavy atom. The first-order valence-electron chi connectivity index (χ1n) is 5.28. The van der Waals surface area contributed by atoms with Crippen LogP contribution in [0.5, 0.6) is 5.75 Å². The number of esters is 1. The van der Waals surface area contributed by atoms with E-state index in [1.807, 2.05) is 12.1 Å². The van der Waals surface area contributed by atoms with E-state index in [1.54, 1.807) is 12.1 Å².